The molecule has 0 radical (unpaired) electrons. The predicted octanol–water partition coefficient (Wildman–Crippen LogP) is 1.16. The molecule has 0 aliphatic rings. The van der Waals surface area contributed by atoms with E-state index in [-0.39, 0.29) is 13.8 Å². The Labute approximate surface area is 115 Å². The molecule has 1 aromatic carbocycles. The molecule has 0 atom stereocenters. The van der Waals surface area contributed by atoms with E-state index >= 15 is 0 Å². The van der Waals surface area contributed by atoms with Gasteiger partial charge in [0.05, 0.1) is 0 Å². The summed E-state index contributed by atoms with van der Waals surface area (Å²) in [5.74, 6) is -1.27. The second-order valence-corrected chi connectivity index (χ2v) is 6.44. The average molecular weight is 388 g/mol. The molecule has 0 spiro atoms. The van der Waals surface area contributed by atoms with Gasteiger partial charge in [0.25, 0.3) is 0 Å². The molecule has 0 aliphatic carbocycles. The first-order valence-corrected chi connectivity index (χ1v) is 7.27. The minimum Gasteiger partial charge on any atom is -0.480 e. The van der Waals surface area contributed by atoms with Crippen LogP contribution in [-0.4, -0.2) is 26.0 Å². The average Bonchev–Trinajstić information content (AvgIpc) is 2.12. The molecule has 0 unspecified atom stereocenters. The van der Waals surface area contributed by atoms with Crippen LogP contribution in [0.15, 0.2) is 26.0 Å². The molecule has 0 saturated carbocycles. The maximum absolute atomic E-state index is 11.8. The molecule has 6 nitrogen and oxygen atoms in total. The molecule has 0 saturated heterocycles. The quantitative estimate of drug-likeness (QED) is 0.671. The number of benzene rings is 1. The van der Waals surface area contributed by atoms with Crippen LogP contribution >= 0.6 is 31.9 Å². The maximum atomic E-state index is 11.8. The van der Waals surface area contributed by atoms with E-state index in [0.717, 1.165) is 0 Å². The minimum atomic E-state index is -3.91. The third-order valence-electron chi connectivity index (χ3n) is 1.70. The number of hydrogen-bond acceptors (Lipinski definition) is 4. The fraction of sp³-hybridized carbons (Fsp3) is 0.125. The maximum Gasteiger partial charge on any atom is 0.318 e. The standard InChI is InChI=1S/C8H8Br2N2O4S/c9-5-1-4(11)2-6(10)8(5)17(15,16)12-3-7(13)14/h1-2,12H,3,11H2,(H,13,14). The van der Waals surface area contributed by atoms with E-state index in [1.54, 1.807) is 0 Å². The van der Waals surface area contributed by atoms with Gasteiger partial charge in [0.2, 0.25) is 10.0 Å². The zero-order valence-electron chi connectivity index (χ0n) is 8.28. The fourth-order valence-electron chi connectivity index (χ4n) is 1.07. The molecule has 1 rings (SSSR count). The van der Waals surface area contributed by atoms with Crippen molar-refractivity contribution >= 4 is 53.5 Å². The number of aliphatic carboxylic acids is 1. The first-order chi connectivity index (χ1) is 7.74. The van der Waals surface area contributed by atoms with E-state index in [1.807, 2.05) is 4.72 Å². The zero-order chi connectivity index (χ0) is 13.2. The van der Waals surface area contributed by atoms with Gasteiger partial charge in [-0.15, -0.1) is 0 Å². The molecule has 0 aliphatic heterocycles. The highest BCUT2D eigenvalue weighted by molar-refractivity contribution is 9.11. The summed E-state index contributed by atoms with van der Waals surface area (Å²) in [4.78, 5) is 10.2. The number of hydrogen-bond donors (Lipinski definition) is 3. The number of anilines is 1. The van der Waals surface area contributed by atoms with E-state index in [1.165, 1.54) is 12.1 Å². The van der Waals surface area contributed by atoms with Crippen molar-refractivity contribution in [2.45, 2.75) is 4.90 Å². The number of carboxylic acid groups (broad SMARTS) is 1. The Morgan fingerprint density at radius 2 is 1.82 bits per heavy atom. The first-order valence-electron chi connectivity index (χ1n) is 4.20. The molecule has 9 heteroatoms. The predicted molar refractivity (Wildman–Crippen MR) is 69.1 cm³/mol. The van der Waals surface area contributed by atoms with Crippen LogP contribution in [0.4, 0.5) is 5.69 Å². The van der Waals surface area contributed by atoms with Gasteiger partial charge in [-0.2, -0.15) is 4.72 Å². The molecule has 1 aromatic rings. The van der Waals surface area contributed by atoms with Gasteiger partial charge >= 0.3 is 5.97 Å². The third kappa shape index (κ3) is 3.66. The SMILES string of the molecule is Nc1cc(Br)c(S(=O)(=O)NCC(=O)O)c(Br)c1. The number of nitrogen functional groups attached to an aromatic ring is 1. The molecular formula is C8H8Br2N2O4S. The first kappa shape index (κ1) is 14.4. The Bertz CT molecular complexity index is 536. The number of nitrogens with two attached hydrogens (primary N) is 1. The number of nitrogens with one attached hydrogen (secondary N) is 1. The third-order valence-corrected chi connectivity index (χ3v) is 4.98. The van der Waals surface area contributed by atoms with Crippen LogP contribution in [0.1, 0.15) is 0 Å². The number of carbonyl (C=O) groups is 1. The molecular weight excluding hydrogens is 380 g/mol. The zero-order valence-corrected chi connectivity index (χ0v) is 12.3. The Morgan fingerprint density at radius 3 is 2.24 bits per heavy atom. The van der Waals surface area contributed by atoms with Crippen molar-refractivity contribution in [2.24, 2.45) is 0 Å². The van der Waals surface area contributed by atoms with Crippen molar-refractivity contribution in [1.29, 1.82) is 0 Å². The van der Waals surface area contributed by atoms with Crippen LogP contribution in [0, 0.1) is 0 Å². The smallest absolute Gasteiger partial charge is 0.318 e. The van der Waals surface area contributed by atoms with Gasteiger partial charge in [-0.25, -0.2) is 8.42 Å². The summed E-state index contributed by atoms with van der Waals surface area (Å²) in [6.07, 6.45) is 0. The second kappa shape index (κ2) is 5.34. The molecule has 4 N–H and O–H groups in total. The monoisotopic (exact) mass is 386 g/mol. The normalized spacial score (nSPS) is 11.4. The molecule has 0 aromatic heterocycles. The highest BCUT2D eigenvalue weighted by Gasteiger charge is 2.22. The number of carboxylic acids is 1. The van der Waals surface area contributed by atoms with Crippen LogP contribution in [0.25, 0.3) is 0 Å². The molecule has 0 heterocycles. The van der Waals surface area contributed by atoms with Gasteiger partial charge in [0.1, 0.15) is 11.4 Å². The molecule has 94 valence electrons. The molecule has 0 amide bonds. The van der Waals surface area contributed by atoms with Crippen molar-refractivity contribution < 1.29 is 18.3 Å². The highest BCUT2D eigenvalue weighted by Crippen LogP contribution is 2.32. The molecule has 0 bridgehead atoms. The Kier molecular flexibility index (Phi) is 4.53. The van der Waals surface area contributed by atoms with Crippen molar-refractivity contribution in [3.05, 3.63) is 21.1 Å². The van der Waals surface area contributed by atoms with E-state index < -0.39 is 22.5 Å². The van der Waals surface area contributed by atoms with Crippen molar-refractivity contribution in [1.82, 2.24) is 4.72 Å². The van der Waals surface area contributed by atoms with Crippen molar-refractivity contribution in [3.8, 4) is 0 Å². The lowest BCUT2D eigenvalue weighted by Gasteiger charge is -2.09. The Morgan fingerprint density at radius 1 is 1.35 bits per heavy atom. The van der Waals surface area contributed by atoms with Gasteiger partial charge in [0, 0.05) is 14.6 Å². The lowest BCUT2D eigenvalue weighted by molar-refractivity contribution is -0.135. The fourth-order valence-corrected chi connectivity index (χ4v) is 4.65. The number of rotatable bonds is 4. The van der Waals surface area contributed by atoms with Crippen LogP contribution in [0.2, 0.25) is 0 Å². The van der Waals surface area contributed by atoms with Crippen molar-refractivity contribution in [3.63, 3.8) is 0 Å². The summed E-state index contributed by atoms with van der Waals surface area (Å²) in [5, 5.41) is 8.44. The number of halogens is 2. The largest absolute Gasteiger partial charge is 0.480 e. The lowest BCUT2D eigenvalue weighted by Crippen LogP contribution is -2.29. The summed E-state index contributed by atoms with van der Waals surface area (Å²) in [6.45, 7) is -0.689. The Hall–Kier alpha value is -0.640. The van der Waals surface area contributed by atoms with E-state index in [4.69, 9.17) is 10.8 Å². The van der Waals surface area contributed by atoms with Crippen LogP contribution in [0.5, 0.6) is 0 Å². The van der Waals surface area contributed by atoms with E-state index in [2.05, 4.69) is 31.9 Å². The summed E-state index contributed by atoms with van der Waals surface area (Å²) in [6, 6.07) is 2.83. The van der Waals surface area contributed by atoms with Crippen LogP contribution in [-0.2, 0) is 14.8 Å². The highest BCUT2D eigenvalue weighted by atomic mass is 79.9. The second-order valence-electron chi connectivity index (χ2n) is 3.03. The summed E-state index contributed by atoms with van der Waals surface area (Å²) in [5.41, 5.74) is 5.90. The van der Waals surface area contributed by atoms with Gasteiger partial charge in [-0.05, 0) is 44.0 Å². The summed E-state index contributed by atoms with van der Waals surface area (Å²) in [7, 11) is -3.91. The van der Waals surface area contributed by atoms with Crippen LogP contribution in [0.3, 0.4) is 0 Å². The summed E-state index contributed by atoms with van der Waals surface area (Å²) >= 11 is 6.13. The summed E-state index contributed by atoms with van der Waals surface area (Å²) < 4.78 is 26.1. The van der Waals surface area contributed by atoms with Gasteiger partial charge in [-0.1, -0.05) is 0 Å². The van der Waals surface area contributed by atoms with Crippen molar-refractivity contribution in [2.75, 3.05) is 12.3 Å². The molecule has 0 fully saturated rings. The van der Waals surface area contributed by atoms with Crippen LogP contribution < -0.4 is 10.5 Å². The number of sulfonamides is 1. The molecule has 17 heavy (non-hydrogen) atoms. The van der Waals surface area contributed by atoms with E-state index in [0.29, 0.717) is 5.69 Å². The Balaban J connectivity index is 3.20. The van der Waals surface area contributed by atoms with Gasteiger partial charge in [0.15, 0.2) is 0 Å². The van der Waals surface area contributed by atoms with E-state index in [9.17, 15) is 13.2 Å². The van der Waals surface area contributed by atoms with Gasteiger partial charge < -0.3 is 10.8 Å². The van der Waals surface area contributed by atoms with Gasteiger partial charge in [-0.3, -0.25) is 4.79 Å². The lowest BCUT2D eigenvalue weighted by atomic mass is 10.3. The minimum absolute atomic E-state index is 0.0899. The topological polar surface area (TPSA) is 109 Å².